The number of fused-ring (bicyclic) bond motifs is 1. The standard InChI is InChI=1S/C28H38N6O2/c1-2-30-28(36)25-11-9-22(18-34(25)17-19-6-4-3-5-7-19)31-27(35)21-8-10-24-23(16-21)26(33-32-24)20-12-14-29-15-13-20/h3-7,12-15,21-26,32-33H,2,8-11,16-18H2,1H3,(H,30,36)(H,31,35)/t21?,22-,23?,24?,25+,26?/m1/s1. The Hall–Kier alpha value is -2.81. The molecule has 0 radical (unpaired) electrons. The molecule has 4 unspecified atom stereocenters. The summed E-state index contributed by atoms with van der Waals surface area (Å²) in [5.41, 5.74) is 9.31. The van der Waals surface area contributed by atoms with Crippen molar-refractivity contribution in [1.29, 1.82) is 0 Å². The largest absolute Gasteiger partial charge is 0.355 e. The third kappa shape index (κ3) is 5.61. The van der Waals surface area contributed by atoms with Crippen molar-refractivity contribution in [2.45, 2.75) is 69.7 Å². The maximum atomic E-state index is 13.4. The summed E-state index contributed by atoms with van der Waals surface area (Å²) in [5.74, 6) is 0.635. The van der Waals surface area contributed by atoms with E-state index < -0.39 is 0 Å². The SMILES string of the molecule is CCNC(=O)[C@@H]1CC[C@@H](NC(=O)C2CCC3NNC(c4ccncc4)C3C2)CN1Cc1ccccc1. The number of pyridine rings is 1. The van der Waals surface area contributed by atoms with Crippen LogP contribution in [0, 0.1) is 11.8 Å². The summed E-state index contributed by atoms with van der Waals surface area (Å²) < 4.78 is 0. The van der Waals surface area contributed by atoms with Gasteiger partial charge in [-0.3, -0.25) is 24.9 Å². The van der Waals surface area contributed by atoms with Gasteiger partial charge in [-0.25, -0.2) is 5.43 Å². The van der Waals surface area contributed by atoms with Crippen molar-refractivity contribution in [3.8, 4) is 0 Å². The lowest BCUT2D eigenvalue weighted by molar-refractivity contribution is -0.129. The highest BCUT2D eigenvalue weighted by atomic mass is 16.2. The first-order valence-electron chi connectivity index (χ1n) is 13.4. The Morgan fingerprint density at radius 1 is 1.00 bits per heavy atom. The zero-order valence-electron chi connectivity index (χ0n) is 21.0. The number of benzene rings is 1. The van der Waals surface area contributed by atoms with E-state index in [0.717, 1.165) is 32.1 Å². The van der Waals surface area contributed by atoms with Crippen LogP contribution in [-0.2, 0) is 16.1 Å². The maximum Gasteiger partial charge on any atom is 0.237 e. The minimum Gasteiger partial charge on any atom is -0.355 e. The third-order valence-electron chi connectivity index (χ3n) is 8.10. The van der Waals surface area contributed by atoms with E-state index >= 15 is 0 Å². The van der Waals surface area contributed by atoms with Gasteiger partial charge in [-0.05, 0) is 68.2 Å². The molecule has 1 aromatic carbocycles. The second kappa shape index (κ2) is 11.5. The van der Waals surface area contributed by atoms with Crippen molar-refractivity contribution in [2.24, 2.45) is 11.8 Å². The minimum atomic E-state index is -0.162. The first-order valence-corrected chi connectivity index (χ1v) is 13.4. The smallest absolute Gasteiger partial charge is 0.237 e. The minimum absolute atomic E-state index is 0.0148. The zero-order valence-corrected chi connectivity index (χ0v) is 21.0. The molecule has 192 valence electrons. The van der Waals surface area contributed by atoms with Gasteiger partial charge >= 0.3 is 0 Å². The Kier molecular flexibility index (Phi) is 7.94. The monoisotopic (exact) mass is 490 g/mol. The average Bonchev–Trinajstić information content (AvgIpc) is 3.33. The number of rotatable bonds is 7. The summed E-state index contributed by atoms with van der Waals surface area (Å²) in [6.07, 6.45) is 7.97. The molecule has 2 aliphatic heterocycles. The number of carbonyl (C=O) groups excluding carboxylic acids is 2. The van der Waals surface area contributed by atoms with Gasteiger partial charge in [0.1, 0.15) is 0 Å². The molecule has 2 amide bonds. The van der Waals surface area contributed by atoms with E-state index in [4.69, 9.17) is 0 Å². The fraction of sp³-hybridized carbons (Fsp3) is 0.536. The molecule has 2 saturated heterocycles. The lowest BCUT2D eigenvalue weighted by Crippen LogP contribution is -2.56. The van der Waals surface area contributed by atoms with Gasteiger partial charge in [-0.1, -0.05) is 30.3 Å². The summed E-state index contributed by atoms with van der Waals surface area (Å²) in [4.78, 5) is 32.6. The number of nitrogens with one attached hydrogen (secondary N) is 4. The van der Waals surface area contributed by atoms with Crippen LogP contribution in [0.25, 0.3) is 0 Å². The van der Waals surface area contributed by atoms with Crippen molar-refractivity contribution >= 4 is 11.8 Å². The number of likely N-dealkylation sites (tertiary alicyclic amines) is 1. The van der Waals surface area contributed by atoms with Crippen LogP contribution in [-0.4, -0.2) is 52.9 Å². The highest BCUT2D eigenvalue weighted by molar-refractivity contribution is 5.82. The molecule has 3 aliphatic rings. The van der Waals surface area contributed by atoms with E-state index in [1.165, 1.54) is 11.1 Å². The van der Waals surface area contributed by atoms with Gasteiger partial charge in [-0.2, -0.15) is 0 Å². The number of hydrogen-bond acceptors (Lipinski definition) is 6. The lowest BCUT2D eigenvalue weighted by atomic mass is 9.74. The zero-order chi connectivity index (χ0) is 24.9. The maximum absolute atomic E-state index is 13.4. The summed E-state index contributed by atoms with van der Waals surface area (Å²) >= 11 is 0. The molecule has 1 aromatic heterocycles. The number of likely N-dealkylation sites (N-methyl/N-ethyl adjacent to an activating group) is 1. The van der Waals surface area contributed by atoms with Crippen molar-refractivity contribution in [3.05, 3.63) is 66.0 Å². The molecule has 4 N–H and O–H groups in total. The van der Waals surface area contributed by atoms with Gasteiger partial charge < -0.3 is 10.6 Å². The van der Waals surface area contributed by atoms with E-state index in [2.05, 4.69) is 55.6 Å². The molecule has 8 heteroatoms. The summed E-state index contributed by atoms with van der Waals surface area (Å²) in [7, 11) is 0. The molecule has 3 heterocycles. The number of aromatic nitrogens is 1. The van der Waals surface area contributed by atoms with E-state index in [9.17, 15) is 9.59 Å². The van der Waals surface area contributed by atoms with Crippen molar-refractivity contribution in [2.75, 3.05) is 13.1 Å². The van der Waals surface area contributed by atoms with Gasteiger partial charge in [0, 0.05) is 50.0 Å². The van der Waals surface area contributed by atoms with Gasteiger partial charge in [-0.15, -0.1) is 0 Å². The summed E-state index contributed by atoms with van der Waals surface area (Å²) in [6.45, 7) is 3.97. The van der Waals surface area contributed by atoms with E-state index in [1.807, 2.05) is 37.5 Å². The molecule has 0 bridgehead atoms. The molecule has 36 heavy (non-hydrogen) atoms. The number of hydrogen-bond donors (Lipinski definition) is 4. The number of piperidine rings is 1. The van der Waals surface area contributed by atoms with Crippen LogP contribution in [0.15, 0.2) is 54.9 Å². The average molecular weight is 491 g/mol. The molecule has 8 nitrogen and oxygen atoms in total. The fourth-order valence-corrected chi connectivity index (χ4v) is 6.26. The Morgan fingerprint density at radius 3 is 2.58 bits per heavy atom. The van der Waals surface area contributed by atoms with E-state index in [1.54, 1.807) is 0 Å². The Labute approximate surface area is 213 Å². The predicted octanol–water partition coefficient (Wildman–Crippen LogP) is 2.30. The van der Waals surface area contributed by atoms with Crippen molar-refractivity contribution in [3.63, 3.8) is 0 Å². The topological polar surface area (TPSA) is 98.4 Å². The molecular weight excluding hydrogens is 452 g/mol. The highest BCUT2D eigenvalue weighted by Crippen LogP contribution is 2.40. The van der Waals surface area contributed by atoms with Gasteiger partial charge in [0.2, 0.25) is 11.8 Å². The third-order valence-corrected chi connectivity index (χ3v) is 8.10. The number of carbonyl (C=O) groups is 2. The first-order chi connectivity index (χ1) is 17.6. The molecule has 3 fully saturated rings. The molecule has 1 aliphatic carbocycles. The van der Waals surface area contributed by atoms with Crippen LogP contribution in [0.5, 0.6) is 0 Å². The van der Waals surface area contributed by atoms with Crippen molar-refractivity contribution < 1.29 is 9.59 Å². The van der Waals surface area contributed by atoms with E-state index in [0.29, 0.717) is 31.6 Å². The number of hydrazine groups is 1. The Bertz CT molecular complexity index is 1020. The van der Waals surface area contributed by atoms with Crippen LogP contribution in [0.4, 0.5) is 0 Å². The first kappa shape index (κ1) is 24.9. The number of nitrogens with zero attached hydrogens (tertiary/aromatic N) is 2. The normalized spacial score (nSPS) is 30.4. The predicted molar refractivity (Wildman–Crippen MR) is 138 cm³/mol. The van der Waals surface area contributed by atoms with Crippen LogP contribution < -0.4 is 21.5 Å². The fourth-order valence-electron chi connectivity index (χ4n) is 6.26. The van der Waals surface area contributed by atoms with Crippen molar-refractivity contribution in [1.82, 2.24) is 31.4 Å². The molecule has 0 spiro atoms. The van der Waals surface area contributed by atoms with Crippen LogP contribution in [0.2, 0.25) is 0 Å². The number of amides is 2. The van der Waals surface area contributed by atoms with Crippen LogP contribution in [0.1, 0.15) is 56.2 Å². The molecule has 1 saturated carbocycles. The van der Waals surface area contributed by atoms with Gasteiger partial charge in [0.25, 0.3) is 0 Å². The quantitative estimate of drug-likeness (QED) is 0.476. The van der Waals surface area contributed by atoms with E-state index in [-0.39, 0.29) is 35.9 Å². The molecule has 2 aromatic rings. The van der Waals surface area contributed by atoms with Crippen LogP contribution in [0.3, 0.4) is 0 Å². The van der Waals surface area contributed by atoms with Crippen LogP contribution >= 0.6 is 0 Å². The molecular formula is C28H38N6O2. The second-order valence-electron chi connectivity index (χ2n) is 10.4. The highest BCUT2D eigenvalue weighted by Gasteiger charge is 2.43. The summed E-state index contributed by atoms with van der Waals surface area (Å²) in [6, 6.07) is 14.8. The molecule has 6 atom stereocenters. The molecule has 5 rings (SSSR count). The van der Waals surface area contributed by atoms with Gasteiger partial charge in [0.15, 0.2) is 0 Å². The second-order valence-corrected chi connectivity index (χ2v) is 10.4. The lowest BCUT2D eigenvalue weighted by Gasteiger charge is -2.40. The Morgan fingerprint density at radius 2 is 1.81 bits per heavy atom. The van der Waals surface area contributed by atoms with Gasteiger partial charge in [0.05, 0.1) is 12.1 Å². The summed E-state index contributed by atoms with van der Waals surface area (Å²) in [5, 5.41) is 6.36. The Balaban J connectivity index is 1.22.